The molecule has 0 bridgehead atoms. The summed E-state index contributed by atoms with van der Waals surface area (Å²) in [6.45, 7) is 2.06. The van der Waals surface area contributed by atoms with Crippen LogP contribution in [0.3, 0.4) is 0 Å². The Kier molecular flexibility index (Phi) is 4.68. The van der Waals surface area contributed by atoms with E-state index in [4.69, 9.17) is 4.42 Å². The second-order valence-electron chi connectivity index (χ2n) is 4.54. The maximum Gasteiger partial charge on any atom is 0.322 e. The molecule has 6 nitrogen and oxygen atoms in total. The first-order chi connectivity index (χ1) is 11.3. The van der Waals surface area contributed by atoms with E-state index < -0.39 is 0 Å². The predicted octanol–water partition coefficient (Wildman–Crippen LogP) is 3.50. The van der Waals surface area contributed by atoms with Crippen LogP contribution in [-0.2, 0) is 0 Å². The Balaban J connectivity index is 1.73. The number of carbonyl (C=O) groups is 1. The third-order valence-electron chi connectivity index (χ3n) is 2.94. The van der Waals surface area contributed by atoms with Crippen LogP contribution in [0.1, 0.15) is 17.3 Å². The molecule has 0 saturated carbocycles. The summed E-state index contributed by atoms with van der Waals surface area (Å²) < 4.78 is 5.42. The average molecular weight is 326 g/mol. The van der Waals surface area contributed by atoms with Gasteiger partial charge in [0.05, 0.1) is 0 Å². The van der Waals surface area contributed by atoms with Crippen molar-refractivity contribution < 1.29 is 9.21 Å². The molecule has 0 saturated heterocycles. The first kappa shape index (κ1) is 15.2. The summed E-state index contributed by atoms with van der Waals surface area (Å²) in [7, 11) is 0. The van der Waals surface area contributed by atoms with Crippen molar-refractivity contribution in [1.82, 2.24) is 15.2 Å². The van der Waals surface area contributed by atoms with Crippen molar-refractivity contribution in [2.24, 2.45) is 0 Å². The van der Waals surface area contributed by atoms with E-state index in [9.17, 15) is 4.79 Å². The van der Waals surface area contributed by atoms with Crippen LogP contribution < -0.4 is 5.32 Å². The SMILES string of the molecule is CCSc1cccc(C(=O)Nc2nnc(-c3ccccn3)o2)c1. The lowest BCUT2D eigenvalue weighted by Gasteiger charge is -2.03. The van der Waals surface area contributed by atoms with E-state index in [2.05, 4.69) is 27.4 Å². The number of nitrogens with zero attached hydrogens (tertiary/aromatic N) is 3. The summed E-state index contributed by atoms with van der Waals surface area (Å²) in [6, 6.07) is 12.8. The smallest absolute Gasteiger partial charge is 0.322 e. The highest BCUT2D eigenvalue weighted by molar-refractivity contribution is 7.99. The van der Waals surface area contributed by atoms with Gasteiger partial charge in [-0.1, -0.05) is 24.2 Å². The fourth-order valence-corrected chi connectivity index (χ4v) is 2.65. The van der Waals surface area contributed by atoms with Crippen molar-refractivity contribution in [3.05, 3.63) is 54.2 Å². The second-order valence-corrected chi connectivity index (χ2v) is 5.88. The normalized spacial score (nSPS) is 10.5. The minimum absolute atomic E-state index is 0.0456. The third kappa shape index (κ3) is 3.75. The Hall–Kier alpha value is -2.67. The molecule has 0 aliphatic heterocycles. The van der Waals surface area contributed by atoms with Gasteiger partial charge in [0, 0.05) is 16.7 Å². The number of pyridine rings is 1. The van der Waals surface area contributed by atoms with Gasteiger partial charge in [-0.2, -0.15) is 0 Å². The molecule has 0 fully saturated rings. The average Bonchev–Trinajstić information content (AvgIpc) is 3.05. The lowest BCUT2D eigenvalue weighted by atomic mass is 10.2. The fourth-order valence-electron chi connectivity index (χ4n) is 1.93. The molecule has 1 amide bonds. The molecule has 0 unspecified atom stereocenters. The van der Waals surface area contributed by atoms with E-state index in [1.54, 1.807) is 36.2 Å². The molecular formula is C16H14N4O2S. The van der Waals surface area contributed by atoms with Crippen LogP contribution in [0.25, 0.3) is 11.6 Å². The summed E-state index contributed by atoms with van der Waals surface area (Å²) in [5, 5.41) is 10.3. The minimum Gasteiger partial charge on any atom is -0.401 e. The van der Waals surface area contributed by atoms with Gasteiger partial charge >= 0.3 is 6.01 Å². The Morgan fingerprint density at radius 3 is 2.91 bits per heavy atom. The zero-order valence-electron chi connectivity index (χ0n) is 12.4. The van der Waals surface area contributed by atoms with E-state index in [0.29, 0.717) is 11.3 Å². The van der Waals surface area contributed by atoms with E-state index in [1.165, 1.54) is 0 Å². The van der Waals surface area contributed by atoms with Gasteiger partial charge < -0.3 is 4.42 Å². The lowest BCUT2D eigenvalue weighted by molar-refractivity contribution is 0.102. The number of anilines is 1. The Bertz CT molecular complexity index is 805. The minimum atomic E-state index is -0.292. The number of amides is 1. The maximum atomic E-state index is 12.3. The van der Waals surface area contributed by atoms with Crippen LogP contribution in [-0.4, -0.2) is 26.8 Å². The van der Waals surface area contributed by atoms with Gasteiger partial charge in [0.25, 0.3) is 11.8 Å². The molecule has 3 rings (SSSR count). The van der Waals surface area contributed by atoms with Crippen molar-refractivity contribution in [2.45, 2.75) is 11.8 Å². The highest BCUT2D eigenvalue weighted by atomic mass is 32.2. The number of nitrogens with one attached hydrogen (secondary N) is 1. The quantitative estimate of drug-likeness (QED) is 0.723. The van der Waals surface area contributed by atoms with Crippen LogP contribution in [0.15, 0.2) is 58.0 Å². The monoisotopic (exact) mass is 326 g/mol. The third-order valence-corrected chi connectivity index (χ3v) is 3.81. The van der Waals surface area contributed by atoms with Crippen molar-refractivity contribution in [3.8, 4) is 11.6 Å². The molecular weight excluding hydrogens is 312 g/mol. The van der Waals surface area contributed by atoms with Crippen LogP contribution in [0, 0.1) is 0 Å². The van der Waals surface area contributed by atoms with E-state index in [0.717, 1.165) is 10.6 Å². The van der Waals surface area contributed by atoms with Gasteiger partial charge in [-0.15, -0.1) is 16.9 Å². The van der Waals surface area contributed by atoms with E-state index in [1.807, 2.05) is 24.3 Å². The standard InChI is InChI=1S/C16H14N4O2S/c1-2-23-12-7-5-6-11(10-12)14(21)18-16-20-19-15(22-16)13-8-3-4-9-17-13/h3-10H,2H2,1H3,(H,18,20,21). The van der Waals surface area contributed by atoms with Gasteiger partial charge in [0.15, 0.2) is 0 Å². The van der Waals surface area contributed by atoms with Crippen molar-refractivity contribution in [1.29, 1.82) is 0 Å². The molecule has 1 aromatic carbocycles. The molecule has 23 heavy (non-hydrogen) atoms. The number of hydrogen-bond donors (Lipinski definition) is 1. The highest BCUT2D eigenvalue weighted by Crippen LogP contribution is 2.20. The van der Waals surface area contributed by atoms with Crippen molar-refractivity contribution >= 4 is 23.7 Å². The number of aromatic nitrogens is 3. The van der Waals surface area contributed by atoms with Crippen LogP contribution in [0.5, 0.6) is 0 Å². The largest absolute Gasteiger partial charge is 0.401 e. The summed E-state index contributed by atoms with van der Waals surface area (Å²) in [5.41, 5.74) is 1.10. The van der Waals surface area contributed by atoms with Crippen LogP contribution >= 0.6 is 11.8 Å². The molecule has 7 heteroatoms. The molecule has 0 atom stereocenters. The zero-order valence-corrected chi connectivity index (χ0v) is 13.2. The molecule has 0 radical (unpaired) electrons. The van der Waals surface area contributed by atoms with Crippen LogP contribution in [0.2, 0.25) is 0 Å². The zero-order chi connectivity index (χ0) is 16.1. The molecule has 2 aromatic heterocycles. The predicted molar refractivity (Wildman–Crippen MR) is 88.3 cm³/mol. The number of rotatable bonds is 5. The molecule has 2 heterocycles. The van der Waals surface area contributed by atoms with E-state index >= 15 is 0 Å². The van der Waals surface area contributed by atoms with Gasteiger partial charge in [0.2, 0.25) is 0 Å². The Morgan fingerprint density at radius 2 is 2.13 bits per heavy atom. The molecule has 116 valence electrons. The van der Waals surface area contributed by atoms with E-state index in [-0.39, 0.29) is 17.8 Å². The van der Waals surface area contributed by atoms with Gasteiger partial charge in [-0.05, 0) is 36.1 Å². The van der Waals surface area contributed by atoms with Crippen molar-refractivity contribution in [3.63, 3.8) is 0 Å². The van der Waals surface area contributed by atoms with Gasteiger partial charge in [0.1, 0.15) is 5.69 Å². The maximum absolute atomic E-state index is 12.3. The topological polar surface area (TPSA) is 80.9 Å². The summed E-state index contributed by atoms with van der Waals surface area (Å²) in [5.74, 6) is 0.915. The summed E-state index contributed by atoms with van der Waals surface area (Å²) in [6.07, 6.45) is 1.63. The van der Waals surface area contributed by atoms with Crippen molar-refractivity contribution in [2.75, 3.05) is 11.1 Å². The Morgan fingerprint density at radius 1 is 1.22 bits per heavy atom. The summed E-state index contributed by atoms with van der Waals surface area (Å²) in [4.78, 5) is 17.4. The number of thioether (sulfide) groups is 1. The highest BCUT2D eigenvalue weighted by Gasteiger charge is 2.13. The fraction of sp³-hybridized carbons (Fsp3) is 0.125. The first-order valence-electron chi connectivity index (χ1n) is 7.05. The van der Waals surface area contributed by atoms with Gasteiger partial charge in [-0.3, -0.25) is 15.1 Å². The Labute approximate surface area is 137 Å². The number of benzene rings is 1. The number of hydrogen-bond acceptors (Lipinski definition) is 6. The molecule has 0 spiro atoms. The molecule has 3 aromatic rings. The van der Waals surface area contributed by atoms with Gasteiger partial charge in [-0.25, -0.2) is 0 Å². The number of carbonyl (C=O) groups excluding carboxylic acids is 1. The molecule has 1 N–H and O–H groups in total. The molecule has 0 aliphatic carbocycles. The lowest BCUT2D eigenvalue weighted by Crippen LogP contribution is -2.12. The summed E-state index contributed by atoms with van der Waals surface area (Å²) >= 11 is 1.67. The first-order valence-corrected chi connectivity index (χ1v) is 8.04. The molecule has 0 aliphatic rings. The second kappa shape index (κ2) is 7.06. The van der Waals surface area contributed by atoms with Crippen LogP contribution in [0.4, 0.5) is 6.01 Å².